The molecular formula is C16H14BrN3O2. The number of hydrogen-bond acceptors (Lipinski definition) is 4. The first-order chi connectivity index (χ1) is 10.6. The number of benzene rings is 1. The highest BCUT2D eigenvalue weighted by Crippen LogP contribution is 2.18. The third kappa shape index (κ3) is 2.74. The van der Waals surface area contributed by atoms with E-state index in [0.717, 1.165) is 4.47 Å². The lowest BCUT2D eigenvalue weighted by Crippen LogP contribution is -2.23. The number of nitrogens with zero attached hydrogens (tertiary/aromatic N) is 3. The molecule has 0 aliphatic rings. The van der Waals surface area contributed by atoms with Crippen LogP contribution in [-0.2, 0) is 0 Å². The highest BCUT2D eigenvalue weighted by Gasteiger charge is 2.13. The van der Waals surface area contributed by atoms with Crippen molar-refractivity contribution >= 4 is 33.0 Å². The van der Waals surface area contributed by atoms with E-state index in [1.165, 1.54) is 10.9 Å². The summed E-state index contributed by atoms with van der Waals surface area (Å²) in [5, 5.41) is 4.78. The van der Waals surface area contributed by atoms with Crippen LogP contribution in [0.1, 0.15) is 31.4 Å². The summed E-state index contributed by atoms with van der Waals surface area (Å²) in [4.78, 5) is 17.3. The van der Waals surface area contributed by atoms with Crippen LogP contribution in [0.25, 0.3) is 10.9 Å². The van der Waals surface area contributed by atoms with Gasteiger partial charge in [0.15, 0.2) is 0 Å². The van der Waals surface area contributed by atoms with Crippen molar-refractivity contribution in [3.05, 3.63) is 63.0 Å². The molecule has 2 heterocycles. The van der Waals surface area contributed by atoms with E-state index in [4.69, 9.17) is 4.42 Å². The van der Waals surface area contributed by atoms with Crippen molar-refractivity contribution < 1.29 is 4.42 Å². The molecule has 0 saturated carbocycles. The van der Waals surface area contributed by atoms with Gasteiger partial charge in [-0.15, -0.1) is 0 Å². The van der Waals surface area contributed by atoms with E-state index in [1.807, 2.05) is 26.0 Å². The van der Waals surface area contributed by atoms with E-state index < -0.39 is 0 Å². The third-order valence-corrected chi connectivity index (χ3v) is 3.69. The predicted octanol–water partition coefficient (Wildman–Crippen LogP) is 3.76. The molecular weight excluding hydrogens is 346 g/mol. The number of hydrogen-bond donors (Lipinski definition) is 0. The largest absolute Gasteiger partial charge is 0.463 e. The molecule has 0 atom stereocenters. The van der Waals surface area contributed by atoms with Crippen molar-refractivity contribution in [1.82, 2.24) is 9.66 Å². The van der Waals surface area contributed by atoms with E-state index in [2.05, 4.69) is 26.0 Å². The van der Waals surface area contributed by atoms with E-state index >= 15 is 0 Å². The van der Waals surface area contributed by atoms with Gasteiger partial charge in [0, 0.05) is 10.4 Å². The lowest BCUT2D eigenvalue weighted by molar-refractivity contribution is 0.558. The van der Waals surface area contributed by atoms with Crippen LogP contribution in [0.5, 0.6) is 0 Å². The first kappa shape index (κ1) is 14.7. The molecule has 0 aliphatic heterocycles. The van der Waals surface area contributed by atoms with Crippen molar-refractivity contribution in [2.24, 2.45) is 5.10 Å². The molecule has 1 aromatic carbocycles. The van der Waals surface area contributed by atoms with Crippen LogP contribution in [-0.4, -0.2) is 15.9 Å². The zero-order valence-corrected chi connectivity index (χ0v) is 13.7. The van der Waals surface area contributed by atoms with Crippen molar-refractivity contribution in [1.29, 1.82) is 0 Å². The summed E-state index contributed by atoms with van der Waals surface area (Å²) in [6.07, 6.45) is 3.07. The van der Waals surface area contributed by atoms with Crippen molar-refractivity contribution in [2.45, 2.75) is 19.8 Å². The molecule has 0 bridgehead atoms. The first-order valence-corrected chi connectivity index (χ1v) is 7.65. The van der Waals surface area contributed by atoms with Gasteiger partial charge in [-0.05, 0) is 30.3 Å². The Morgan fingerprint density at radius 1 is 1.36 bits per heavy atom. The van der Waals surface area contributed by atoms with Crippen molar-refractivity contribution in [3.8, 4) is 0 Å². The van der Waals surface area contributed by atoms with Gasteiger partial charge in [0.1, 0.15) is 11.6 Å². The van der Waals surface area contributed by atoms with Gasteiger partial charge in [-0.3, -0.25) is 4.79 Å². The van der Waals surface area contributed by atoms with E-state index in [9.17, 15) is 4.79 Å². The SMILES string of the molecule is CC(C)c1nc2ccc(Br)cc2c(=O)n1N=Cc1ccco1. The fourth-order valence-corrected chi connectivity index (χ4v) is 2.49. The summed E-state index contributed by atoms with van der Waals surface area (Å²) in [6, 6.07) is 8.99. The smallest absolute Gasteiger partial charge is 0.282 e. The molecule has 0 spiro atoms. The molecule has 0 amide bonds. The summed E-state index contributed by atoms with van der Waals surface area (Å²) < 4.78 is 7.38. The molecule has 0 unspecified atom stereocenters. The lowest BCUT2D eigenvalue weighted by atomic mass is 10.2. The molecule has 2 aromatic heterocycles. The minimum atomic E-state index is -0.196. The molecule has 22 heavy (non-hydrogen) atoms. The maximum Gasteiger partial charge on any atom is 0.282 e. The minimum absolute atomic E-state index is 0.0643. The first-order valence-electron chi connectivity index (χ1n) is 6.86. The average Bonchev–Trinajstić information content (AvgIpc) is 3.00. The van der Waals surface area contributed by atoms with Crippen LogP contribution in [0, 0.1) is 0 Å². The Balaban J connectivity index is 2.24. The Hall–Kier alpha value is -2.21. The molecule has 0 saturated heterocycles. The minimum Gasteiger partial charge on any atom is -0.463 e. The van der Waals surface area contributed by atoms with Crippen molar-refractivity contribution in [3.63, 3.8) is 0 Å². The third-order valence-electron chi connectivity index (χ3n) is 3.19. The Bertz CT molecular complexity index is 896. The molecule has 0 N–H and O–H groups in total. The maximum absolute atomic E-state index is 12.7. The van der Waals surface area contributed by atoms with Gasteiger partial charge < -0.3 is 4.42 Å². The summed E-state index contributed by atoms with van der Waals surface area (Å²) in [7, 11) is 0. The molecule has 3 rings (SSSR count). The Morgan fingerprint density at radius 3 is 2.86 bits per heavy atom. The highest BCUT2D eigenvalue weighted by molar-refractivity contribution is 9.10. The van der Waals surface area contributed by atoms with Crippen LogP contribution in [0.2, 0.25) is 0 Å². The normalized spacial score (nSPS) is 11.8. The van der Waals surface area contributed by atoms with Gasteiger partial charge >= 0.3 is 0 Å². The standard InChI is InChI=1S/C16H14BrN3O2/c1-10(2)15-19-14-6-5-11(17)8-13(14)16(21)20(15)18-9-12-4-3-7-22-12/h3-10H,1-2H3. The van der Waals surface area contributed by atoms with Gasteiger partial charge in [-0.1, -0.05) is 29.8 Å². The molecule has 0 aliphatic carbocycles. The van der Waals surface area contributed by atoms with Gasteiger partial charge in [0.25, 0.3) is 5.56 Å². The fraction of sp³-hybridized carbons (Fsp3) is 0.188. The quantitative estimate of drug-likeness (QED) is 0.669. The second kappa shape index (κ2) is 5.88. The average molecular weight is 360 g/mol. The van der Waals surface area contributed by atoms with E-state index in [0.29, 0.717) is 22.5 Å². The van der Waals surface area contributed by atoms with Crippen LogP contribution in [0.4, 0.5) is 0 Å². The van der Waals surface area contributed by atoms with Crippen LogP contribution >= 0.6 is 15.9 Å². The van der Waals surface area contributed by atoms with Gasteiger partial charge in [-0.25, -0.2) is 4.98 Å². The zero-order valence-electron chi connectivity index (χ0n) is 12.2. The summed E-state index contributed by atoms with van der Waals surface area (Å²) >= 11 is 3.38. The molecule has 3 aromatic rings. The number of aromatic nitrogens is 2. The number of furan rings is 1. The summed E-state index contributed by atoms with van der Waals surface area (Å²) in [5.74, 6) is 1.26. The summed E-state index contributed by atoms with van der Waals surface area (Å²) in [5.41, 5.74) is 0.471. The van der Waals surface area contributed by atoms with Gasteiger partial charge in [0.05, 0.1) is 23.4 Å². The fourth-order valence-electron chi connectivity index (χ4n) is 2.13. The van der Waals surface area contributed by atoms with E-state index in [1.54, 1.807) is 24.5 Å². The van der Waals surface area contributed by atoms with E-state index in [-0.39, 0.29) is 11.5 Å². The van der Waals surface area contributed by atoms with Gasteiger partial charge in [0.2, 0.25) is 0 Å². The van der Waals surface area contributed by atoms with Crippen LogP contribution in [0.3, 0.4) is 0 Å². The van der Waals surface area contributed by atoms with Crippen LogP contribution in [0.15, 0.2) is 55.4 Å². The molecule has 0 fully saturated rings. The number of fused-ring (bicyclic) bond motifs is 1. The van der Waals surface area contributed by atoms with Crippen LogP contribution < -0.4 is 5.56 Å². The second-order valence-corrected chi connectivity index (χ2v) is 6.08. The second-order valence-electron chi connectivity index (χ2n) is 5.16. The Morgan fingerprint density at radius 2 is 2.18 bits per heavy atom. The monoisotopic (exact) mass is 359 g/mol. The number of rotatable bonds is 3. The Labute approximate surface area is 135 Å². The summed E-state index contributed by atoms with van der Waals surface area (Å²) in [6.45, 7) is 3.96. The van der Waals surface area contributed by atoms with Gasteiger partial charge in [-0.2, -0.15) is 9.78 Å². The Kier molecular flexibility index (Phi) is 3.94. The molecule has 6 heteroatoms. The maximum atomic E-state index is 12.7. The van der Waals surface area contributed by atoms with Crippen molar-refractivity contribution in [2.75, 3.05) is 0 Å². The molecule has 0 radical (unpaired) electrons. The highest BCUT2D eigenvalue weighted by atomic mass is 79.9. The predicted molar refractivity (Wildman–Crippen MR) is 89.5 cm³/mol. The topological polar surface area (TPSA) is 60.4 Å². The lowest BCUT2D eigenvalue weighted by Gasteiger charge is -2.11. The molecule has 5 nitrogen and oxygen atoms in total. The molecule has 112 valence electrons. The zero-order chi connectivity index (χ0) is 15.7. The number of halogens is 1.